The van der Waals surface area contributed by atoms with Crippen molar-refractivity contribution in [2.45, 2.75) is 64.2 Å². The van der Waals surface area contributed by atoms with Gasteiger partial charge in [0.1, 0.15) is 0 Å². The average Bonchev–Trinajstić information content (AvgIpc) is 3.31. The Morgan fingerprint density at radius 1 is 0.939 bits per heavy atom. The highest BCUT2D eigenvalue weighted by Crippen LogP contribution is 2.44. The van der Waals surface area contributed by atoms with E-state index >= 15 is 0 Å². The molecule has 2 fully saturated rings. The predicted molar refractivity (Wildman–Crippen MR) is 139 cm³/mol. The second-order valence-electron chi connectivity index (χ2n) is 9.98. The molecule has 0 bridgehead atoms. The second-order valence-corrected chi connectivity index (χ2v) is 11.0. The van der Waals surface area contributed by atoms with Gasteiger partial charge in [0.05, 0.1) is 11.3 Å². The van der Waals surface area contributed by atoms with Gasteiger partial charge in [-0.15, -0.1) is 17.9 Å². The van der Waals surface area contributed by atoms with Gasteiger partial charge in [0, 0.05) is 4.88 Å². The molecule has 5 rings (SSSR count). The van der Waals surface area contributed by atoms with E-state index in [1.165, 1.54) is 73.8 Å². The van der Waals surface area contributed by atoms with Gasteiger partial charge in [0.15, 0.2) is 11.6 Å². The molecule has 2 saturated carbocycles. The maximum Gasteiger partial charge on any atom is 0.182 e. The van der Waals surface area contributed by atoms with Gasteiger partial charge in [0.25, 0.3) is 0 Å². The Morgan fingerprint density at radius 2 is 1.61 bits per heavy atom. The molecule has 0 unspecified atom stereocenters. The highest BCUT2D eigenvalue weighted by molar-refractivity contribution is 7.22. The van der Waals surface area contributed by atoms with Crippen molar-refractivity contribution in [2.75, 3.05) is 6.61 Å². The summed E-state index contributed by atoms with van der Waals surface area (Å²) in [5.74, 6) is 3.44. The maximum absolute atomic E-state index is 14.8. The summed E-state index contributed by atoms with van der Waals surface area (Å²) >= 11 is 1.52. The zero-order valence-electron chi connectivity index (χ0n) is 19.7. The number of ether oxygens (including phenoxy) is 1. The number of benzene rings is 2. The van der Waals surface area contributed by atoms with Crippen LogP contribution in [0.5, 0.6) is 5.75 Å². The fraction of sp³-hybridized carbons (Fsp3) is 0.467. The molecule has 2 aromatic carbocycles. The van der Waals surface area contributed by atoms with Gasteiger partial charge in [-0.25, -0.2) is 4.39 Å². The van der Waals surface area contributed by atoms with E-state index in [1.807, 2.05) is 13.0 Å². The van der Waals surface area contributed by atoms with E-state index < -0.39 is 0 Å². The van der Waals surface area contributed by atoms with E-state index in [9.17, 15) is 4.39 Å². The third kappa shape index (κ3) is 4.75. The normalized spacial score (nSPS) is 25.8. The van der Waals surface area contributed by atoms with Crippen LogP contribution in [0.4, 0.5) is 4.39 Å². The summed E-state index contributed by atoms with van der Waals surface area (Å²) in [7, 11) is 0. The first-order valence-corrected chi connectivity index (χ1v) is 13.6. The largest absolute Gasteiger partial charge is 0.491 e. The third-order valence-corrected chi connectivity index (χ3v) is 9.34. The molecule has 1 nitrogen and oxygen atoms in total. The maximum atomic E-state index is 14.8. The van der Waals surface area contributed by atoms with Gasteiger partial charge < -0.3 is 4.74 Å². The Labute approximate surface area is 201 Å². The first-order valence-electron chi connectivity index (χ1n) is 12.7. The number of rotatable bonds is 6. The smallest absolute Gasteiger partial charge is 0.182 e. The molecule has 3 aromatic rings. The summed E-state index contributed by atoms with van der Waals surface area (Å²) < 4.78 is 20.9. The molecule has 0 aliphatic heterocycles. The molecular weight excluding hydrogens is 427 g/mol. The van der Waals surface area contributed by atoms with Crippen LogP contribution in [-0.2, 0) is 0 Å². The van der Waals surface area contributed by atoms with Gasteiger partial charge in [-0.3, -0.25) is 0 Å². The van der Waals surface area contributed by atoms with E-state index in [2.05, 4.69) is 43.0 Å². The van der Waals surface area contributed by atoms with Crippen molar-refractivity contribution >= 4 is 21.4 Å². The van der Waals surface area contributed by atoms with Crippen molar-refractivity contribution < 1.29 is 9.13 Å². The Bertz CT molecular complexity index is 1080. The molecule has 0 amide bonds. The molecule has 33 heavy (non-hydrogen) atoms. The minimum absolute atomic E-state index is 0.239. The lowest BCUT2D eigenvalue weighted by atomic mass is 9.68. The van der Waals surface area contributed by atoms with Crippen molar-refractivity contribution in [3.8, 4) is 16.2 Å². The number of allylic oxidation sites excluding steroid dienone is 1. The number of hydrogen-bond acceptors (Lipinski definition) is 2. The van der Waals surface area contributed by atoms with Gasteiger partial charge in [-0.05, 0) is 117 Å². The molecule has 0 N–H and O–H groups in total. The Hall–Kier alpha value is -2.13. The molecule has 174 valence electrons. The number of hydrogen-bond donors (Lipinski definition) is 0. The van der Waals surface area contributed by atoms with Crippen LogP contribution in [0, 0.1) is 23.6 Å². The van der Waals surface area contributed by atoms with Gasteiger partial charge in [0.2, 0.25) is 0 Å². The highest BCUT2D eigenvalue weighted by atomic mass is 32.1. The van der Waals surface area contributed by atoms with E-state index in [4.69, 9.17) is 4.74 Å². The monoisotopic (exact) mass is 462 g/mol. The van der Waals surface area contributed by atoms with Crippen molar-refractivity contribution in [1.29, 1.82) is 0 Å². The SMILES string of the molecule is C=CC1CCC(C2CCC(c3ccc(-c4cc5ccc(OCC)c(F)c5s4)cc3)CC2)CC1. The van der Waals surface area contributed by atoms with E-state index in [0.29, 0.717) is 23.0 Å². The van der Waals surface area contributed by atoms with E-state index in [-0.39, 0.29) is 5.82 Å². The number of thiophene rings is 1. The standard InChI is InChI=1S/C30H35FOS/c1-3-20-5-7-21(8-6-20)22-9-11-23(12-10-22)24-13-15-25(16-14-24)28-19-26-17-18-27(32-4-2)29(31)30(26)33-28/h3,13-23H,1,4-12H2,2H3. The van der Waals surface area contributed by atoms with Crippen molar-refractivity contribution in [3.63, 3.8) is 0 Å². The van der Waals surface area contributed by atoms with E-state index in [1.54, 1.807) is 6.07 Å². The van der Waals surface area contributed by atoms with E-state index in [0.717, 1.165) is 28.0 Å². The molecule has 0 atom stereocenters. The average molecular weight is 463 g/mol. The first kappa shape index (κ1) is 22.7. The second kappa shape index (κ2) is 10.0. The van der Waals surface area contributed by atoms with Crippen LogP contribution in [0.3, 0.4) is 0 Å². The molecule has 3 heteroatoms. The fourth-order valence-corrected chi connectivity index (χ4v) is 7.25. The molecule has 2 aliphatic carbocycles. The Kier molecular flexibility index (Phi) is 6.87. The molecule has 1 heterocycles. The summed E-state index contributed by atoms with van der Waals surface area (Å²) in [6, 6.07) is 14.9. The molecular formula is C30H35FOS. The summed E-state index contributed by atoms with van der Waals surface area (Å²) in [5.41, 5.74) is 2.64. The summed E-state index contributed by atoms with van der Waals surface area (Å²) in [5, 5.41) is 0.945. The minimum Gasteiger partial charge on any atom is -0.491 e. The topological polar surface area (TPSA) is 9.23 Å². The first-order chi connectivity index (χ1) is 16.2. The van der Waals surface area contributed by atoms with Gasteiger partial charge >= 0.3 is 0 Å². The minimum atomic E-state index is -0.239. The molecule has 2 aliphatic rings. The van der Waals surface area contributed by atoms with Crippen molar-refractivity contribution in [2.24, 2.45) is 17.8 Å². The Balaban J connectivity index is 1.23. The van der Waals surface area contributed by atoms with Crippen molar-refractivity contribution in [3.05, 3.63) is 66.5 Å². The van der Waals surface area contributed by atoms with Crippen LogP contribution in [0.25, 0.3) is 20.5 Å². The molecule has 0 radical (unpaired) electrons. The Morgan fingerprint density at radius 3 is 2.24 bits per heavy atom. The fourth-order valence-electron chi connectivity index (χ4n) is 6.16. The van der Waals surface area contributed by atoms with Gasteiger partial charge in [-0.2, -0.15) is 0 Å². The molecule has 0 spiro atoms. The quantitative estimate of drug-likeness (QED) is 0.332. The van der Waals surface area contributed by atoms with Crippen LogP contribution >= 0.6 is 11.3 Å². The van der Waals surface area contributed by atoms with Crippen molar-refractivity contribution in [1.82, 2.24) is 0 Å². The molecule has 1 aromatic heterocycles. The van der Waals surface area contributed by atoms with Crippen LogP contribution in [0.1, 0.15) is 69.8 Å². The summed E-state index contributed by atoms with van der Waals surface area (Å²) in [4.78, 5) is 1.11. The van der Waals surface area contributed by atoms with Crippen LogP contribution < -0.4 is 4.74 Å². The summed E-state index contributed by atoms with van der Waals surface area (Å²) in [6.07, 6.45) is 13.1. The predicted octanol–water partition coefficient (Wildman–Crippen LogP) is 9.37. The zero-order chi connectivity index (χ0) is 22.8. The van der Waals surface area contributed by atoms with Gasteiger partial charge in [-0.1, -0.05) is 30.3 Å². The third-order valence-electron chi connectivity index (χ3n) is 8.15. The van der Waals surface area contributed by atoms with Crippen LogP contribution in [0.2, 0.25) is 0 Å². The van der Waals surface area contributed by atoms with Crippen LogP contribution in [0.15, 0.2) is 55.1 Å². The lowest BCUT2D eigenvalue weighted by Gasteiger charge is -2.37. The lowest BCUT2D eigenvalue weighted by Crippen LogP contribution is -2.25. The highest BCUT2D eigenvalue weighted by Gasteiger charge is 2.30. The zero-order valence-corrected chi connectivity index (χ0v) is 20.5. The number of fused-ring (bicyclic) bond motifs is 1. The number of halogens is 1. The lowest BCUT2D eigenvalue weighted by molar-refractivity contribution is 0.171. The van der Waals surface area contributed by atoms with Crippen LogP contribution in [-0.4, -0.2) is 6.61 Å². The molecule has 0 saturated heterocycles. The summed E-state index contributed by atoms with van der Waals surface area (Å²) in [6.45, 7) is 6.35.